The molecule has 0 radical (unpaired) electrons. The van der Waals surface area contributed by atoms with Gasteiger partial charge in [-0.3, -0.25) is 0 Å². The molecule has 1 aromatic rings. The van der Waals surface area contributed by atoms with Crippen LogP contribution in [0.4, 0.5) is 8.78 Å². The van der Waals surface area contributed by atoms with Gasteiger partial charge in [-0.1, -0.05) is 13.8 Å². The minimum absolute atomic E-state index is 0.0450. The summed E-state index contributed by atoms with van der Waals surface area (Å²) >= 11 is 0. The summed E-state index contributed by atoms with van der Waals surface area (Å²) in [5.41, 5.74) is 5.42. The summed E-state index contributed by atoms with van der Waals surface area (Å²) in [6.07, 6.45) is 0.473. The summed E-state index contributed by atoms with van der Waals surface area (Å²) in [5, 5.41) is 0. The van der Waals surface area contributed by atoms with E-state index in [4.69, 9.17) is 5.73 Å². The molecule has 1 rings (SSSR count). The molecule has 0 heterocycles. The van der Waals surface area contributed by atoms with E-state index in [2.05, 4.69) is 4.72 Å². The minimum Gasteiger partial charge on any atom is -0.330 e. The number of halogens is 2. The van der Waals surface area contributed by atoms with Gasteiger partial charge in [0.2, 0.25) is 10.0 Å². The van der Waals surface area contributed by atoms with E-state index in [-0.39, 0.29) is 16.9 Å². The van der Waals surface area contributed by atoms with E-state index < -0.39 is 21.7 Å². The second kappa shape index (κ2) is 6.40. The summed E-state index contributed by atoms with van der Waals surface area (Å²) in [7, 11) is -3.88. The molecule has 1 aromatic carbocycles. The van der Waals surface area contributed by atoms with Crippen LogP contribution < -0.4 is 10.5 Å². The number of hydrogen-bond donors (Lipinski definition) is 2. The van der Waals surface area contributed by atoms with Crippen LogP contribution in [0.5, 0.6) is 0 Å². The molecule has 3 N–H and O–H groups in total. The molecule has 19 heavy (non-hydrogen) atoms. The number of benzene rings is 1. The van der Waals surface area contributed by atoms with Crippen LogP contribution in [0.2, 0.25) is 0 Å². The fourth-order valence-electron chi connectivity index (χ4n) is 1.62. The molecule has 0 spiro atoms. The molecule has 1 unspecified atom stereocenters. The van der Waals surface area contributed by atoms with Crippen molar-refractivity contribution < 1.29 is 17.2 Å². The van der Waals surface area contributed by atoms with E-state index in [1.165, 1.54) is 0 Å². The van der Waals surface area contributed by atoms with Gasteiger partial charge < -0.3 is 5.73 Å². The molecule has 0 aromatic heterocycles. The summed E-state index contributed by atoms with van der Waals surface area (Å²) < 4.78 is 52.4. The monoisotopic (exact) mass is 292 g/mol. The Morgan fingerprint density at radius 2 is 1.89 bits per heavy atom. The highest BCUT2D eigenvalue weighted by Gasteiger charge is 2.22. The zero-order valence-electron chi connectivity index (χ0n) is 10.9. The minimum atomic E-state index is -3.88. The topological polar surface area (TPSA) is 72.2 Å². The van der Waals surface area contributed by atoms with Crippen LogP contribution in [0.15, 0.2) is 23.1 Å². The fraction of sp³-hybridized carbons (Fsp3) is 0.500. The van der Waals surface area contributed by atoms with Crippen molar-refractivity contribution in [3.63, 3.8) is 0 Å². The molecule has 0 saturated carbocycles. The summed E-state index contributed by atoms with van der Waals surface area (Å²) in [6, 6.07) is 2.14. The van der Waals surface area contributed by atoms with E-state index in [0.29, 0.717) is 19.0 Å². The van der Waals surface area contributed by atoms with E-state index >= 15 is 0 Å². The van der Waals surface area contributed by atoms with Crippen molar-refractivity contribution in [3.8, 4) is 0 Å². The predicted octanol–water partition coefficient (Wildman–Crippen LogP) is 1.62. The molecule has 0 aliphatic carbocycles. The van der Waals surface area contributed by atoms with Gasteiger partial charge in [0.05, 0.1) is 4.90 Å². The molecule has 0 aliphatic rings. The average Bonchev–Trinajstić information content (AvgIpc) is 2.31. The standard InChI is InChI=1S/C12H18F2N2O2S/c1-8(2)12(5-6-15)16-19(17,18)9-3-4-10(13)11(14)7-9/h3-4,7-8,12,16H,5-6,15H2,1-2H3. The van der Waals surface area contributed by atoms with Gasteiger partial charge in [-0.05, 0) is 37.1 Å². The lowest BCUT2D eigenvalue weighted by molar-refractivity contribution is 0.428. The van der Waals surface area contributed by atoms with Gasteiger partial charge in [-0.2, -0.15) is 0 Å². The van der Waals surface area contributed by atoms with Crippen molar-refractivity contribution in [2.75, 3.05) is 6.54 Å². The van der Waals surface area contributed by atoms with Crippen LogP contribution in [-0.4, -0.2) is 21.0 Å². The number of nitrogens with one attached hydrogen (secondary N) is 1. The SMILES string of the molecule is CC(C)C(CCN)NS(=O)(=O)c1ccc(F)c(F)c1. The first-order valence-corrected chi connectivity index (χ1v) is 7.43. The smallest absolute Gasteiger partial charge is 0.240 e. The van der Waals surface area contributed by atoms with E-state index in [0.717, 1.165) is 12.1 Å². The molecule has 4 nitrogen and oxygen atoms in total. The maximum atomic E-state index is 13.1. The molecule has 0 aliphatic heterocycles. The van der Waals surface area contributed by atoms with Gasteiger partial charge in [0.25, 0.3) is 0 Å². The highest BCUT2D eigenvalue weighted by Crippen LogP contribution is 2.16. The Morgan fingerprint density at radius 3 is 2.37 bits per heavy atom. The highest BCUT2D eigenvalue weighted by molar-refractivity contribution is 7.89. The molecule has 108 valence electrons. The third-order valence-corrected chi connectivity index (χ3v) is 4.28. The first-order chi connectivity index (χ1) is 8.77. The maximum absolute atomic E-state index is 13.1. The molecular weight excluding hydrogens is 274 g/mol. The summed E-state index contributed by atoms with van der Waals surface area (Å²) in [4.78, 5) is -0.297. The Balaban J connectivity index is 2.99. The highest BCUT2D eigenvalue weighted by atomic mass is 32.2. The first-order valence-electron chi connectivity index (χ1n) is 5.95. The number of rotatable bonds is 6. The second-order valence-corrected chi connectivity index (χ2v) is 6.34. The lowest BCUT2D eigenvalue weighted by atomic mass is 10.0. The van der Waals surface area contributed by atoms with Crippen LogP contribution >= 0.6 is 0 Å². The lowest BCUT2D eigenvalue weighted by Crippen LogP contribution is -2.39. The zero-order valence-corrected chi connectivity index (χ0v) is 11.7. The van der Waals surface area contributed by atoms with Crippen molar-refractivity contribution >= 4 is 10.0 Å². The molecular formula is C12H18F2N2O2S. The molecule has 7 heteroatoms. The molecule has 0 bridgehead atoms. The first kappa shape index (κ1) is 16.0. The van der Waals surface area contributed by atoms with Crippen LogP contribution in [0.25, 0.3) is 0 Å². The van der Waals surface area contributed by atoms with Crippen molar-refractivity contribution in [1.82, 2.24) is 4.72 Å². The summed E-state index contributed by atoms with van der Waals surface area (Å²) in [6.45, 7) is 4.05. The third-order valence-electron chi connectivity index (χ3n) is 2.79. The molecule has 1 atom stereocenters. The molecule has 0 amide bonds. The van der Waals surface area contributed by atoms with E-state index in [1.807, 2.05) is 13.8 Å². The number of nitrogens with two attached hydrogens (primary N) is 1. The second-order valence-electron chi connectivity index (χ2n) is 4.63. The Bertz CT molecular complexity index is 533. The van der Waals surface area contributed by atoms with Gasteiger partial charge >= 0.3 is 0 Å². The Hall–Kier alpha value is -1.05. The van der Waals surface area contributed by atoms with Crippen molar-refractivity contribution in [3.05, 3.63) is 29.8 Å². The van der Waals surface area contributed by atoms with Gasteiger partial charge in [-0.25, -0.2) is 21.9 Å². The van der Waals surface area contributed by atoms with Gasteiger partial charge in [0.1, 0.15) is 0 Å². The zero-order chi connectivity index (χ0) is 14.6. The van der Waals surface area contributed by atoms with Crippen molar-refractivity contribution in [2.45, 2.75) is 31.2 Å². The Morgan fingerprint density at radius 1 is 1.26 bits per heavy atom. The van der Waals surface area contributed by atoms with E-state index in [9.17, 15) is 17.2 Å². The predicted molar refractivity (Wildman–Crippen MR) is 69.0 cm³/mol. The molecule has 0 fully saturated rings. The van der Waals surface area contributed by atoms with E-state index in [1.54, 1.807) is 0 Å². The average molecular weight is 292 g/mol. The van der Waals surface area contributed by atoms with Gasteiger partial charge in [0, 0.05) is 6.04 Å². The normalized spacial score (nSPS) is 13.8. The number of sulfonamides is 1. The van der Waals surface area contributed by atoms with Gasteiger partial charge in [-0.15, -0.1) is 0 Å². The van der Waals surface area contributed by atoms with Crippen LogP contribution in [-0.2, 0) is 10.0 Å². The quantitative estimate of drug-likeness (QED) is 0.837. The Labute approximate surface area is 112 Å². The number of hydrogen-bond acceptors (Lipinski definition) is 3. The van der Waals surface area contributed by atoms with Crippen LogP contribution in [0.3, 0.4) is 0 Å². The van der Waals surface area contributed by atoms with Crippen molar-refractivity contribution in [1.29, 1.82) is 0 Å². The van der Waals surface area contributed by atoms with Crippen molar-refractivity contribution in [2.24, 2.45) is 11.7 Å². The fourth-order valence-corrected chi connectivity index (χ4v) is 3.05. The lowest BCUT2D eigenvalue weighted by Gasteiger charge is -2.21. The van der Waals surface area contributed by atoms with Gasteiger partial charge in [0.15, 0.2) is 11.6 Å². The largest absolute Gasteiger partial charge is 0.330 e. The van der Waals surface area contributed by atoms with Crippen LogP contribution in [0, 0.1) is 17.6 Å². The maximum Gasteiger partial charge on any atom is 0.240 e. The molecule has 0 saturated heterocycles. The third kappa shape index (κ3) is 4.22. The summed E-state index contributed by atoms with van der Waals surface area (Å²) in [5.74, 6) is -2.23. The van der Waals surface area contributed by atoms with Crippen LogP contribution in [0.1, 0.15) is 20.3 Å². The Kier molecular flexibility index (Phi) is 5.39.